The molecule has 10 nitrogen and oxygen atoms in total. The minimum absolute atomic E-state index is 0.0732. The highest BCUT2D eigenvalue weighted by molar-refractivity contribution is 6.03. The fourth-order valence-electron chi connectivity index (χ4n) is 7.44. The van der Waals surface area contributed by atoms with Crippen molar-refractivity contribution in [3.05, 3.63) is 62.9 Å². The van der Waals surface area contributed by atoms with E-state index in [4.69, 9.17) is 14.6 Å². The number of carbonyl (C=O) groups is 2. The molecule has 0 radical (unpaired) electrons. The summed E-state index contributed by atoms with van der Waals surface area (Å²) in [7, 11) is 0. The van der Waals surface area contributed by atoms with E-state index in [1.165, 1.54) is 19.3 Å². The summed E-state index contributed by atoms with van der Waals surface area (Å²) in [6.45, 7) is 6.97. The predicted molar refractivity (Wildman–Crippen MR) is 159 cm³/mol. The van der Waals surface area contributed by atoms with Crippen LogP contribution in [0.5, 0.6) is 0 Å². The Bertz CT molecular complexity index is 1680. The zero-order chi connectivity index (χ0) is 29.9. The van der Waals surface area contributed by atoms with Crippen LogP contribution in [0.15, 0.2) is 35.1 Å². The number of para-hydroxylation sites is 1. The number of pyridine rings is 2. The van der Waals surface area contributed by atoms with Gasteiger partial charge in [-0.15, -0.1) is 5.06 Å². The number of benzene rings is 1. The van der Waals surface area contributed by atoms with E-state index >= 15 is 0 Å². The van der Waals surface area contributed by atoms with Crippen LogP contribution in [0.2, 0.25) is 0 Å². The maximum atomic E-state index is 13.7. The third kappa shape index (κ3) is 4.58. The van der Waals surface area contributed by atoms with Gasteiger partial charge in [0, 0.05) is 35.1 Å². The maximum absolute atomic E-state index is 13.7. The van der Waals surface area contributed by atoms with E-state index < -0.39 is 17.5 Å². The van der Waals surface area contributed by atoms with E-state index in [-0.39, 0.29) is 35.8 Å². The van der Waals surface area contributed by atoms with E-state index in [1.54, 1.807) is 23.6 Å². The lowest BCUT2D eigenvalue weighted by molar-refractivity contribution is -0.172. The van der Waals surface area contributed by atoms with Gasteiger partial charge in [-0.25, -0.2) is 14.6 Å². The number of likely N-dealkylation sites (tertiary alicyclic amines) is 1. The van der Waals surface area contributed by atoms with Gasteiger partial charge in [-0.3, -0.25) is 4.79 Å². The highest BCUT2D eigenvalue weighted by Crippen LogP contribution is 2.39. The minimum Gasteiger partial charge on any atom is -0.458 e. The number of hydrogen-bond donors (Lipinski definition) is 1. The molecule has 3 aromatic rings. The molecule has 0 aliphatic carbocycles. The normalized spacial score (nSPS) is 25.6. The quantitative estimate of drug-likeness (QED) is 0.348. The Kier molecular flexibility index (Phi) is 7.10. The van der Waals surface area contributed by atoms with Crippen molar-refractivity contribution in [1.29, 1.82) is 0 Å². The molecule has 43 heavy (non-hydrogen) atoms. The molecular weight excluding hydrogens is 548 g/mol. The van der Waals surface area contributed by atoms with Gasteiger partial charge in [0.05, 0.1) is 34.6 Å². The Morgan fingerprint density at radius 1 is 1.14 bits per heavy atom. The Morgan fingerprint density at radius 3 is 2.72 bits per heavy atom. The summed E-state index contributed by atoms with van der Waals surface area (Å²) in [5.41, 5.74) is 1.09. The highest BCUT2D eigenvalue weighted by Gasteiger charge is 2.45. The highest BCUT2D eigenvalue weighted by atomic mass is 16.7. The Labute approximate surface area is 250 Å². The lowest BCUT2D eigenvalue weighted by atomic mass is 9.86. The van der Waals surface area contributed by atoms with Crippen molar-refractivity contribution in [2.45, 2.75) is 89.6 Å². The first-order valence-corrected chi connectivity index (χ1v) is 15.6. The van der Waals surface area contributed by atoms with Crippen LogP contribution < -0.4 is 5.56 Å². The van der Waals surface area contributed by atoms with Gasteiger partial charge in [0.1, 0.15) is 6.61 Å². The van der Waals surface area contributed by atoms with Gasteiger partial charge in [0.15, 0.2) is 5.60 Å². The number of nitrogens with zero attached hydrogens (tertiary/aromatic N) is 4. The lowest BCUT2D eigenvalue weighted by Crippen LogP contribution is -2.51. The molecule has 2 saturated heterocycles. The molecule has 1 N–H and O–H groups in total. The number of piperidine rings is 2. The zero-order valence-corrected chi connectivity index (χ0v) is 24.8. The number of aliphatic hydroxyl groups is 1. The van der Waals surface area contributed by atoms with Crippen LogP contribution >= 0.6 is 0 Å². The molecule has 0 bridgehead atoms. The first-order chi connectivity index (χ1) is 20.8. The summed E-state index contributed by atoms with van der Waals surface area (Å²) >= 11 is 0. The van der Waals surface area contributed by atoms with E-state index in [1.807, 2.05) is 23.3 Å². The number of fused-ring (bicyclic) bond motifs is 5. The van der Waals surface area contributed by atoms with Gasteiger partial charge in [-0.2, -0.15) is 0 Å². The molecule has 10 heteroatoms. The zero-order valence-electron chi connectivity index (χ0n) is 24.8. The van der Waals surface area contributed by atoms with Crippen LogP contribution in [0.4, 0.5) is 0 Å². The number of carbonyl (C=O) groups excluding carboxylic acids is 2. The van der Waals surface area contributed by atoms with Crippen molar-refractivity contribution < 1.29 is 24.3 Å². The average Bonchev–Trinajstić information content (AvgIpc) is 3.40. The number of aromatic nitrogens is 2. The van der Waals surface area contributed by atoms with E-state index in [9.17, 15) is 19.5 Å². The van der Waals surface area contributed by atoms with Crippen molar-refractivity contribution in [3.8, 4) is 11.4 Å². The molecule has 4 aliphatic heterocycles. The molecule has 4 aliphatic rings. The van der Waals surface area contributed by atoms with Crippen LogP contribution in [-0.2, 0) is 33.1 Å². The van der Waals surface area contributed by atoms with E-state index in [0.29, 0.717) is 41.6 Å². The van der Waals surface area contributed by atoms with Crippen molar-refractivity contribution in [2.75, 3.05) is 19.6 Å². The van der Waals surface area contributed by atoms with Gasteiger partial charge in [-0.1, -0.05) is 32.4 Å². The summed E-state index contributed by atoms with van der Waals surface area (Å²) in [4.78, 5) is 53.3. The molecule has 7 rings (SSSR count). The second-order valence-corrected chi connectivity index (χ2v) is 12.3. The van der Waals surface area contributed by atoms with Crippen molar-refractivity contribution in [3.63, 3.8) is 0 Å². The number of ether oxygens (including phenoxy) is 1. The average molecular weight is 587 g/mol. The monoisotopic (exact) mass is 586 g/mol. The molecule has 0 saturated carbocycles. The topological polar surface area (TPSA) is 114 Å². The molecule has 1 aromatic carbocycles. The number of esters is 1. The second-order valence-electron chi connectivity index (χ2n) is 12.3. The molecule has 0 amide bonds. The van der Waals surface area contributed by atoms with E-state index in [2.05, 4.69) is 11.8 Å². The SMILES string of the molecule is CCC1CC(N2CCCCC2)CCN1OC(=O)c1cccc2cc3c(nc12)-c1cc2c(c(=O)n1C3)COC(=O)[C@]2(O)CC. The number of hydroxylamine groups is 2. The predicted octanol–water partition coefficient (Wildman–Crippen LogP) is 3.88. The fraction of sp³-hybridized carbons (Fsp3) is 0.515. The van der Waals surface area contributed by atoms with Gasteiger partial charge in [0.25, 0.3) is 5.56 Å². The van der Waals surface area contributed by atoms with Crippen LogP contribution in [0, 0.1) is 0 Å². The number of cyclic esters (lactones) is 1. The molecule has 3 atom stereocenters. The van der Waals surface area contributed by atoms with Crippen molar-refractivity contribution in [2.24, 2.45) is 0 Å². The Morgan fingerprint density at radius 2 is 1.95 bits per heavy atom. The maximum Gasteiger partial charge on any atom is 0.359 e. The molecule has 2 unspecified atom stereocenters. The molecule has 2 fully saturated rings. The van der Waals surface area contributed by atoms with Gasteiger partial charge in [-0.05, 0) is 69.8 Å². The molecule has 6 heterocycles. The minimum atomic E-state index is -1.89. The largest absolute Gasteiger partial charge is 0.458 e. The lowest BCUT2D eigenvalue weighted by Gasteiger charge is -2.43. The first-order valence-electron chi connectivity index (χ1n) is 15.6. The van der Waals surface area contributed by atoms with Crippen LogP contribution in [0.1, 0.15) is 85.8 Å². The Balaban J connectivity index is 1.20. The second kappa shape index (κ2) is 10.8. The summed E-state index contributed by atoms with van der Waals surface area (Å²) in [5, 5.41) is 13.8. The summed E-state index contributed by atoms with van der Waals surface area (Å²) in [6.07, 6.45) is 6.76. The van der Waals surface area contributed by atoms with Crippen molar-refractivity contribution >= 4 is 22.8 Å². The van der Waals surface area contributed by atoms with Crippen LogP contribution in [0.3, 0.4) is 0 Å². The van der Waals surface area contributed by atoms with Crippen LogP contribution in [0.25, 0.3) is 22.3 Å². The number of rotatable bonds is 5. The third-order valence-corrected chi connectivity index (χ3v) is 9.97. The molecular formula is C33H38N4O6. The Hall–Kier alpha value is -3.60. The first kappa shape index (κ1) is 28.2. The van der Waals surface area contributed by atoms with Gasteiger partial charge < -0.3 is 24.1 Å². The number of hydrogen-bond acceptors (Lipinski definition) is 9. The fourth-order valence-corrected chi connectivity index (χ4v) is 7.44. The van der Waals surface area contributed by atoms with Gasteiger partial charge in [0.2, 0.25) is 0 Å². The summed E-state index contributed by atoms with van der Waals surface area (Å²) in [6, 6.07) is 9.78. The smallest absolute Gasteiger partial charge is 0.359 e. The van der Waals surface area contributed by atoms with Crippen molar-refractivity contribution in [1.82, 2.24) is 19.5 Å². The molecule has 226 valence electrons. The molecule has 2 aromatic heterocycles. The summed E-state index contributed by atoms with van der Waals surface area (Å²) in [5.74, 6) is -1.20. The molecule has 0 spiro atoms. The van der Waals surface area contributed by atoms with Crippen LogP contribution in [-0.4, -0.2) is 68.3 Å². The standard InChI is InChI=1S/C33H38N4O6/c1-3-22-16-23(35-12-6-5-7-13-35)11-14-37(22)43-31(39)24-10-8-9-20-15-21-18-36-27(29(21)34-28(20)24)17-26-25(30(36)38)19-42-32(40)33(26,41)4-2/h8-10,15,17,22-23,41H,3-7,11-14,16,18-19H2,1-2H3/t22?,23?,33-/m0/s1. The summed E-state index contributed by atoms with van der Waals surface area (Å²) < 4.78 is 6.77. The third-order valence-electron chi connectivity index (χ3n) is 9.97. The van der Waals surface area contributed by atoms with Gasteiger partial charge >= 0.3 is 11.9 Å². The van der Waals surface area contributed by atoms with E-state index in [0.717, 1.165) is 43.3 Å².